The van der Waals surface area contributed by atoms with Gasteiger partial charge in [-0.05, 0) is 35.2 Å². The first-order valence-corrected chi connectivity index (χ1v) is 8.80. The second-order valence-electron chi connectivity index (χ2n) is 7.16. The average Bonchev–Trinajstić information content (AvgIpc) is 2.67. The number of hydrogen-bond acceptors (Lipinski definition) is 5. The van der Waals surface area contributed by atoms with Gasteiger partial charge in [0.2, 0.25) is 5.75 Å². The molecule has 0 bridgehead atoms. The molecule has 0 unspecified atom stereocenters. The van der Waals surface area contributed by atoms with Gasteiger partial charge in [0.05, 0.1) is 20.4 Å². The van der Waals surface area contributed by atoms with Crippen molar-refractivity contribution in [1.29, 1.82) is 0 Å². The van der Waals surface area contributed by atoms with E-state index in [0.29, 0.717) is 11.1 Å². The summed E-state index contributed by atoms with van der Waals surface area (Å²) in [5, 5.41) is 3.91. The van der Waals surface area contributed by atoms with Crippen molar-refractivity contribution in [3.05, 3.63) is 53.1 Å². The van der Waals surface area contributed by atoms with E-state index in [0.717, 1.165) is 5.56 Å². The first-order chi connectivity index (χ1) is 13.7. The molecule has 0 aliphatic rings. The highest BCUT2D eigenvalue weighted by atomic mass is 19.3. The monoisotopic (exact) mass is 406 g/mol. The Morgan fingerprint density at radius 2 is 1.62 bits per heavy atom. The molecule has 1 amide bonds. The van der Waals surface area contributed by atoms with E-state index in [4.69, 9.17) is 9.47 Å². The summed E-state index contributed by atoms with van der Waals surface area (Å²) in [6.07, 6.45) is 1.35. The van der Waals surface area contributed by atoms with Crippen LogP contribution in [0, 0.1) is 0 Å². The Balaban J connectivity index is 2.14. The summed E-state index contributed by atoms with van der Waals surface area (Å²) < 4.78 is 39.8. The lowest BCUT2D eigenvalue weighted by Gasteiger charge is -2.18. The van der Waals surface area contributed by atoms with Gasteiger partial charge in [0.15, 0.2) is 11.5 Å². The largest absolute Gasteiger partial charge is 0.493 e. The maximum absolute atomic E-state index is 12.6. The van der Waals surface area contributed by atoms with Crippen molar-refractivity contribution < 1.29 is 27.8 Å². The predicted octanol–water partition coefficient (Wildman–Crippen LogP) is 4.37. The summed E-state index contributed by atoms with van der Waals surface area (Å²) in [7, 11) is 2.63. The number of halogens is 2. The number of carbonyl (C=O) groups excluding carboxylic acids is 1. The Labute approximate surface area is 168 Å². The summed E-state index contributed by atoms with van der Waals surface area (Å²) in [4.78, 5) is 12.2. The average molecular weight is 406 g/mol. The minimum absolute atomic E-state index is 0.00846. The predicted molar refractivity (Wildman–Crippen MR) is 106 cm³/mol. The number of benzene rings is 2. The van der Waals surface area contributed by atoms with Crippen molar-refractivity contribution in [2.75, 3.05) is 14.2 Å². The molecule has 0 aromatic heterocycles. The molecule has 0 heterocycles. The van der Waals surface area contributed by atoms with E-state index in [1.807, 2.05) is 12.1 Å². The lowest BCUT2D eigenvalue weighted by Crippen LogP contribution is -2.18. The van der Waals surface area contributed by atoms with E-state index in [1.165, 1.54) is 32.6 Å². The number of hydrogen-bond donors (Lipinski definition) is 1. The smallest absolute Gasteiger partial charge is 0.387 e. The zero-order valence-corrected chi connectivity index (χ0v) is 17.0. The molecule has 0 atom stereocenters. The van der Waals surface area contributed by atoms with E-state index in [2.05, 4.69) is 36.0 Å². The number of amides is 1. The summed E-state index contributed by atoms with van der Waals surface area (Å²) in [5.74, 6) is -0.492. The maximum atomic E-state index is 12.6. The molecule has 0 aliphatic heterocycles. The summed E-state index contributed by atoms with van der Waals surface area (Å²) in [6, 6.07) is 10.1. The molecule has 0 aliphatic carbocycles. The quantitative estimate of drug-likeness (QED) is 0.548. The molecule has 156 valence electrons. The zero-order chi connectivity index (χ0) is 21.6. The molecule has 2 aromatic rings. The van der Waals surface area contributed by atoms with Crippen molar-refractivity contribution in [2.45, 2.75) is 32.8 Å². The molecule has 8 heteroatoms. The minimum Gasteiger partial charge on any atom is -0.493 e. The molecule has 0 spiro atoms. The van der Waals surface area contributed by atoms with E-state index in [1.54, 1.807) is 12.1 Å². The Morgan fingerprint density at radius 1 is 1.07 bits per heavy atom. The van der Waals surface area contributed by atoms with Crippen LogP contribution in [-0.4, -0.2) is 33.0 Å². The minimum atomic E-state index is -3.03. The van der Waals surface area contributed by atoms with Gasteiger partial charge in [-0.25, -0.2) is 5.43 Å². The van der Waals surface area contributed by atoms with Crippen molar-refractivity contribution in [3.8, 4) is 17.2 Å². The Morgan fingerprint density at radius 3 is 2.07 bits per heavy atom. The number of hydrazone groups is 1. The van der Waals surface area contributed by atoms with Gasteiger partial charge in [0.1, 0.15) is 0 Å². The second kappa shape index (κ2) is 9.36. The van der Waals surface area contributed by atoms with Crippen LogP contribution in [0.1, 0.15) is 42.3 Å². The van der Waals surface area contributed by atoms with Crippen molar-refractivity contribution in [2.24, 2.45) is 5.10 Å². The summed E-state index contributed by atoms with van der Waals surface area (Å²) in [5.41, 5.74) is 4.46. The van der Waals surface area contributed by atoms with Crippen LogP contribution in [0.4, 0.5) is 8.78 Å². The third-order valence-electron chi connectivity index (χ3n) is 4.08. The summed E-state index contributed by atoms with van der Waals surface area (Å²) in [6.45, 7) is 3.24. The molecule has 6 nitrogen and oxygen atoms in total. The molecule has 2 aromatic carbocycles. The lowest BCUT2D eigenvalue weighted by molar-refractivity contribution is -0.0526. The molecule has 0 fully saturated rings. The normalized spacial score (nSPS) is 11.6. The van der Waals surface area contributed by atoms with Crippen LogP contribution in [0.15, 0.2) is 41.5 Å². The third kappa shape index (κ3) is 5.91. The Hall–Kier alpha value is -3.16. The highest BCUT2D eigenvalue weighted by Crippen LogP contribution is 2.39. The lowest BCUT2D eigenvalue weighted by atomic mass is 9.87. The van der Waals surface area contributed by atoms with Gasteiger partial charge < -0.3 is 14.2 Å². The van der Waals surface area contributed by atoms with Gasteiger partial charge in [-0.2, -0.15) is 13.9 Å². The zero-order valence-electron chi connectivity index (χ0n) is 17.0. The van der Waals surface area contributed by atoms with Crippen LogP contribution in [0.2, 0.25) is 0 Å². The van der Waals surface area contributed by atoms with Crippen LogP contribution < -0.4 is 19.6 Å². The Kier molecular flexibility index (Phi) is 7.14. The molecule has 2 rings (SSSR count). The van der Waals surface area contributed by atoms with Crippen molar-refractivity contribution in [3.63, 3.8) is 0 Å². The van der Waals surface area contributed by atoms with Crippen LogP contribution in [0.3, 0.4) is 0 Å². The molecule has 0 radical (unpaired) electrons. The van der Waals surface area contributed by atoms with E-state index in [9.17, 15) is 13.6 Å². The first kappa shape index (κ1) is 22.1. The first-order valence-electron chi connectivity index (χ1n) is 8.80. The fraction of sp³-hybridized carbons (Fsp3) is 0.333. The van der Waals surface area contributed by atoms with Gasteiger partial charge in [-0.1, -0.05) is 32.9 Å². The number of nitrogens with one attached hydrogen (secondary N) is 1. The fourth-order valence-electron chi connectivity index (χ4n) is 2.53. The number of alkyl halides is 2. The van der Waals surface area contributed by atoms with Crippen LogP contribution in [-0.2, 0) is 5.41 Å². The van der Waals surface area contributed by atoms with Gasteiger partial charge in [-0.3, -0.25) is 4.79 Å². The SMILES string of the molecule is COc1cc(/C=N\NC(=O)c2ccc(C(C)(C)C)cc2)cc(OC)c1OC(F)F. The number of carbonyl (C=O) groups is 1. The molecular weight excluding hydrogens is 382 g/mol. The number of nitrogens with zero attached hydrogens (tertiary/aromatic N) is 1. The highest BCUT2D eigenvalue weighted by molar-refractivity contribution is 5.95. The van der Waals surface area contributed by atoms with Gasteiger partial charge in [0.25, 0.3) is 5.91 Å². The van der Waals surface area contributed by atoms with Crippen LogP contribution in [0.5, 0.6) is 17.2 Å². The van der Waals surface area contributed by atoms with E-state index in [-0.39, 0.29) is 28.6 Å². The van der Waals surface area contributed by atoms with Crippen molar-refractivity contribution in [1.82, 2.24) is 5.43 Å². The van der Waals surface area contributed by atoms with Crippen molar-refractivity contribution >= 4 is 12.1 Å². The van der Waals surface area contributed by atoms with E-state index < -0.39 is 6.61 Å². The molecule has 1 N–H and O–H groups in total. The van der Waals surface area contributed by atoms with Gasteiger partial charge in [-0.15, -0.1) is 0 Å². The van der Waals surface area contributed by atoms with E-state index >= 15 is 0 Å². The fourth-order valence-corrected chi connectivity index (χ4v) is 2.53. The number of rotatable bonds is 7. The number of ether oxygens (including phenoxy) is 3. The maximum Gasteiger partial charge on any atom is 0.387 e. The second-order valence-corrected chi connectivity index (χ2v) is 7.16. The standard InChI is InChI=1S/C21H24F2N2O4/c1-21(2,3)15-8-6-14(7-9-15)19(26)25-24-12-13-10-16(27-4)18(29-20(22)23)17(11-13)28-5/h6-12,20H,1-5H3,(H,25,26)/b24-12-. The number of methoxy groups -OCH3 is 2. The molecule has 0 saturated heterocycles. The summed E-state index contributed by atoms with van der Waals surface area (Å²) >= 11 is 0. The Bertz CT molecular complexity index is 850. The highest BCUT2D eigenvalue weighted by Gasteiger charge is 2.18. The molecule has 0 saturated carbocycles. The van der Waals surface area contributed by atoms with Crippen LogP contribution >= 0.6 is 0 Å². The van der Waals surface area contributed by atoms with Gasteiger partial charge in [0, 0.05) is 11.1 Å². The van der Waals surface area contributed by atoms with Gasteiger partial charge >= 0.3 is 6.61 Å². The third-order valence-corrected chi connectivity index (χ3v) is 4.08. The topological polar surface area (TPSA) is 69.2 Å². The molecular formula is C21H24F2N2O4. The molecule has 29 heavy (non-hydrogen) atoms. The van der Waals surface area contributed by atoms with Crippen LogP contribution in [0.25, 0.3) is 0 Å².